The fourth-order valence-corrected chi connectivity index (χ4v) is 2.00. The predicted octanol–water partition coefficient (Wildman–Crippen LogP) is 3.30. The minimum atomic E-state index is -4.74. The second-order valence-corrected chi connectivity index (χ2v) is 4.57. The summed E-state index contributed by atoms with van der Waals surface area (Å²) in [6, 6.07) is 4.01. The van der Waals surface area contributed by atoms with Crippen molar-refractivity contribution in [3.63, 3.8) is 0 Å². The second-order valence-electron chi connectivity index (χ2n) is 3.32. The highest BCUT2D eigenvalue weighted by atomic mass is 127. The van der Waals surface area contributed by atoms with Crippen LogP contribution in [0.2, 0.25) is 0 Å². The summed E-state index contributed by atoms with van der Waals surface area (Å²) in [4.78, 5) is 11.2. The molecule has 0 bridgehead atoms. The summed E-state index contributed by atoms with van der Waals surface area (Å²) in [5, 5.41) is 0. The van der Waals surface area contributed by atoms with E-state index in [0.29, 0.717) is 9.13 Å². The van der Waals surface area contributed by atoms with E-state index in [-0.39, 0.29) is 18.8 Å². The molecule has 1 rings (SSSR count). The van der Waals surface area contributed by atoms with E-state index in [1.807, 2.05) is 22.6 Å². The van der Waals surface area contributed by atoms with Crippen molar-refractivity contribution in [2.45, 2.75) is 19.7 Å². The van der Waals surface area contributed by atoms with Crippen LogP contribution in [-0.4, -0.2) is 18.9 Å². The van der Waals surface area contributed by atoms with Crippen LogP contribution >= 0.6 is 22.6 Å². The third kappa shape index (κ3) is 5.56. The number of rotatable bonds is 4. The Morgan fingerprint density at radius 3 is 2.56 bits per heavy atom. The first-order valence-corrected chi connectivity index (χ1v) is 6.09. The fraction of sp³-hybridized carbons (Fsp3) is 0.364. The molecule has 7 heteroatoms. The highest BCUT2D eigenvalue weighted by Crippen LogP contribution is 2.26. The molecule has 0 saturated carbocycles. The molecule has 0 amide bonds. The van der Waals surface area contributed by atoms with Crippen LogP contribution in [0.25, 0.3) is 0 Å². The Morgan fingerprint density at radius 1 is 1.33 bits per heavy atom. The molecule has 0 aliphatic rings. The highest BCUT2D eigenvalue weighted by Gasteiger charge is 2.31. The zero-order valence-corrected chi connectivity index (χ0v) is 11.5. The number of alkyl halides is 3. The van der Waals surface area contributed by atoms with Crippen molar-refractivity contribution in [1.82, 2.24) is 0 Å². The van der Waals surface area contributed by atoms with Crippen LogP contribution < -0.4 is 4.74 Å². The van der Waals surface area contributed by atoms with E-state index < -0.39 is 12.3 Å². The Hall–Kier alpha value is -0.990. The van der Waals surface area contributed by atoms with Crippen molar-refractivity contribution in [3.8, 4) is 5.75 Å². The first-order valence-electron chi connectivity index (χ1n) is 5.01. The molecule has 0 aromatic heterocycles. The van der Waals surface area contributed by atoms with Crippen molar-refractivity contribution >= 4 is 28.6 Å². The molecular formula is C11H10F3IO3. The van der Waals surface area contributed by atoms with Gasteiger partial charge < -0.3 is 9.47 Å². The van der Waals surface area contributed by atoms with E-state index in [4.69, 9.17) is 4.74 Å². The molecule has 0 N–H and O–H groups in total. The van der Waals surface area contributed by atoms with E-state index in [2.05, 4.69) is 4.74 Å². The maximum atomic E-state index is 12.1. The summed E-state index contributed by atoms with van der Waals surface area (Å²) in [6.45, 7) is 1.89. The van der Waals surface area contributed by atoms with Gasteiger partial charge in [0.2, 0.25) is 0 Å². The van der Waals surface area contributed by atoms with Crippen molar-refractivity contribution in [2.75, 3.05) is 6.61 Å². The molecular weight excluding hydrogens is 364 g/mol. The van der Waals surface area contributed by atoms with Crippen LogP contribution in [0, 0.1) is 3.57 Å². The SMILES string of the molecule is CCOC(=O)Cc1cc(I)cc(OC(F)(F)F)c1. The molecule has 0 fully saturated rings. The largest absolute Gasteiger partial charge is 0.573 e. The van der Waals surface area contributed by atoms with Gasteiger partial charge in [-0.05, 0) is 53.3 Å². The molecule has 0 spiro atoms. The number of esters is 1. The summed E-state index contributed by atoms with van der Waals surface area (Å²) in [5.41, 5.74) is 0.416. The normalized spacial score (nSPS) is 11.2. The highest BCUT2D eigenvalue weighted by molar-refractivity contribution is 14.1. The Balaban J connectivity index is 2.84. The number of hydrogen-bond donors (Lipinski definition) is 0. The van der Waals surface area contributed by atoms with Crippen molar-refractivity contribution < 1.29 is 27.4 Å². The molecule has 0 atom stereocenters. The van der Waals surface area contributed by atoms with Crippen LogP contribution in [0.5, 0.6) is 5.75 Å². The molecule has 0 aliphatic carbocycles. The second kappa shape index (κ2) is 6.26. The smallest absolute Gasteiger partial charge is 0.466 e. The van der Waals surface area contributed by atoms with Crippen LogP contribution in [-0.2, 0) is 16.0 Å². The summed E-state index contributed by atoms with van der Waals surface area (Å²) < 4.78 is 45.3. The number of halogens is 4. The predicted molar refractivity (Wildman–Crippen MR) is 66.2 cm³/mol. The monoisotopic (exact) mass is 374 g/mol. The van der Waals surface area contributed by atoms with Gasteiger partial charge in [0.1, 0.15) is 5.75 Å². The minimum absolute atomic E-state index is 0.0844. The first-order chi connectivity index (χ1) is 8.30. The Labute approximate surface area is 115 Å². The van der Waals surface area contributed by atoms with Gasteiger partial charge in [0.15, 0.2) is 0 Å². The van der Waals surface area contributed by atoms with Gasteiger partial charge in [-0.3, -0.25) is 4.79 Å². The first kappa shape index (κ1) is 15.1. The van der Waals surface area contributed by atoms with Crippen LogP contribution in [0.4, 0.5) is 13.2 Å². The number of carbonyl (C=O) groups excluding carboxylic acids is 1. The van der Waals surface area contributed by atoms with Gasteiger partial charge in [-0.15, -0.1) is 13.2 Å². The third-order valence-corrected chi connectivity index (χ3v) is 2.44. The zero-order valence-electron chi connectivity index (χ0n) is 9.38. The Morgan fingerprint density at radius 2 is 2.00 bits per heavy atom. The van der Waals surface area contributed by atoms with Crippen LogP contribution in [0.1, 0.15) is 12.5 Å². The average Bonchev–Trinajstić information content (AvgIpc) is 2.13. The third-order valence-electron chi connectivity index (χ3n) is 1.82. The summed E-state index contributed by atoms with van der Waals surface area (Å²) in [7, 11) is 0. The van der Waals surface area contributed by atoms with Gasteiger partial charge >= 0.3 is 12.3 Å². The van der Waals surface area contributed by atoms with Crippen molar-refractivity contribution in [2.24, 2.45) is 0 Å². The van der Waals surface area contributed by atoms with Crippen LogP contribution in [0.3, 0.4) is 0 Å². The van der Waals surface area contributed by atoms with E-state index in [0.717, 1.165) is 0 Å². The van der Waals surface area contributed by atoms with Crippen molar-refractivity contribution in [3.05, 3.63) is 27.3 Å². The van der Waals surface area contributed by atoms with Crippen molar-refractivity contribution in [1.29, 1.82) is 0 Å². The maximum Gasteiger partial charge on any atom is 0.573 e. The lowest BCUT2D eigenvalue weighted by Gasteiger charge is -2.10. The van der Waals surface area contributed by atoms with Gasteiger partial charge in [0.25, 0.3) is 0 Å². The van der Waals surface area contributed by atoms with Gasteiger partial charge in [0, 0.05) is 3.57 Å². The van der Waals surface area contributed by atoms with Gasteiger partial charge in [0.05, 0.1) is 13.0 Å². The molecule has 0 heterocycles. The minimum Gasteiger partial charge on any atom is -0.466 e. The summed E-state index contributed by atoms with van der Waals surface area (Å²) in [6.07, 6.45) is -4.83. The average molecular weight is 374 g/mol. The molecule has 100 valence electrons. The summed E-state index contributed by atoms with van der Waals surface area (Å²) in [5.74, 6) is -0.828. The number of ether oxygens (including phenoxy) is 2. The molecule has 0 saturated heterocycles. The molecule has 0 aliphatic heterocycles. The number of carbonyl (C=O) groups is 1. The Kier molecular flexibility index (Phi) is 5.24. The molecule has 1 aromatic carbocycles. The molecule has 0 radical (unpaired) electrons. The number of hydrogen-bond acceptors (Lipinski definition) is 3. The molecule has 0 unspecified atom stereocenters. The lowest BCUT2D eigenvalue weighted by atomic mass is 10.1. The topological polar surface area (TPSA) is 35.5 Å². The summed E-state index contributed by atoms with van der Waals surface area (Å²) >= 11 is 1.85. The van der Waals surface area contributed by atoms with Gasteiger partial charge in [-0.1, -0.05) is 0 Å². The van der Waals surface area contributed by atoms with E-state index in [1.165, 1.54) is 12.1 Å². The molecule has 1 aromatic rings. The van der Waals surface area contributed by atoms with Crippen LogP contribution in [0.15, 0.2) is 18.2 Å². The van der Waals surface area contributed by atoms with Gasteiger partial charge in [-0.25, -0.2) is 0 Å². The maximum absolute atomic E-state index is 12.1. The quantitative estimate of drug-likeness (QED) is 0.600. The standard InChI is InChI=1S/C11H10F3IO3/c1-2-17-10(16)5-7-3-8(15)6-9(4-7)18-11(12,13)14/h3-4,6H,2,5H2,1H3. The van der Waals surface area contributed by atoms with Gasteiger partial charge in [-0.2, -0.15) is 0 Å². The Bertz CT molecular complexity index is 432. The van der Waals surface area contributed by atoms with E-state index >= 15 is 0 Å². The fourth-order valence-electron chi connectivity index (χ4n) is 1.29. The lowest BCUT2D eigenvalue weighted by molar-refractivity contribution is -0.274. The molecule has 3 nitrogen and oxygen atoms in total. The van der Waals surface area contributed by atoms with E-state index in [9.17, 15) is 18.0 Å². The zero-order chi connectivity index (χ0) is 13.8. The van der Waals surface area contributed by atoms with E-state index in [1.54, 1.807) is 13.0 Å². The lowest BCUT2D eigenvalue weighted by Crippen LogP contribution is -2.17. The number of benzene rings is 1. The molecule has 18 heavy (non-hydrogen) atoms.